The third kappa shape index (κ3) is 5.60. The lowest BCUT2D eigenvalue weighted by Crippen LogP contribution is -2.44. The lowest BCUT2D eigenvalue weighted by Gasteiger charge is -2.34. The monoisotopic (exact) mass is 460 g/mol. The quantitative estimate of drug-likeness (QED) is 0.328. The lowest BCUT2D eigenvalue weighted by atomic mass is 10.0. The molecule has 6 nitrogen and oxygen atoms in total. The van der Waals surface area contributed by atoms with Gasteiger partial charge in [0.2, 0.25) is 0 Å². The van der Waals surface area contributed by atoms with Crippen LogP contribution in [0.5, 0.6) is 0 Å². The summed E-state index contributed by atoms with van der Waals surface area (Å²) in [5.41, 5.74) is 2.50. The van der Waals surface area contributed by atoms with Crippen molar-refractivity contribution in [3.8, 4) is 16.5 Å². The van der Waals surface area contributed by atoms with E-state index in [4.69, 9.17) is 4.74 Å². The molecule has 1 saturated heterocycles. The van der Waals surface area contributed by atoms with Crippen LogP contribution in [-0.4, -0.2) is 64.3 Å². The number of benzene rings is 2. The number of carbonyl (C=O) groups is 1. The number of nitrogens with zero attached hydrogens (tertiary/aromatic N) is 3. The number of hydrogen-bond donors (Lipinski definition) is 1. The van der Waals surface area contributed by atoms with Gasteiger partial charge in [-0.05, 0) is 59.8 Å². The van der Waals surface area contributed by atoms with Gasteiger partial charge in [0.1, 0.15) is 11.6 Å². The first-order valence-electron chi connectivity index (χ1n) is 11.0. The first kappa shape index (κ1) is 23.0. The van der Waals surface area contributed by atoms with Crippen molar-refractivity contribution in [1.82, 2.24) is 10.2 Å². The van der Waals surface area contributed by atoms with E-state index in [1.165, 1.54) is 16.5 Å². The van der Waals surface area contributed by atoms with E-state index in [9.17, 15) is 10.1 Å². The second-order valence-corrected chi connectivity index (χ2v) is 9.27. The summed E-state index contributed by atoms with van der Waals surface area (Å²) in [4.78, 5) is 19.0. The summed E-state index contributed by atoms with van der Waals surface area (Å²) in [6.45, 7) is 5.08. The molecule has 2 aromatic carbocycles. The molecule has 0 bridgehead atoms. The fourth-order valence-electron chi connectivity index (χ4n) is 3.89. The highest BCUT2D eigenvalue weighted by Crippen LogP contribution is 2.32. The van der Waals surface area contributed by atoms with Crippen molar-refractivity contribution in [2.24, 2.45) is 0 Å². The molecule has 1 amide bonds. The summed E-state index contributed by atoms with van der Waals surface area (Å²) in [6.07, 6.45) is 1.64. The molecule has 33 heavy (non-hydrogen) atoms. The second-order valence-electron chi connectivity index (χ2n) is 8.16. The molecule has 4 rings (SSSR count). The molecule has 0 aliphatic carbocycles. The van der Waals surface area contributed by atoms with Crippen LogP contribution in [0.25, 0.3) is 27.3 Å². The van der Waals surface area contributed by atoms with Crippen LogP contribution in [0.15, 0.2) is 54.1 Å². The van der Waals surface area contributed by atoms with Gasteiger partial charge in [0, 0.05) is 55.3 Å². The number of ether oxygens (including phenoxy) is 1. The number of amides is 1. The smallest absolute Gasteiger partial charge is 0.262 e. The van der Waals surface area contributed by atoms with E-state index in [1.807, 2.05) is 18.2 Å². The zero-order valence-corrected chi connectivity index (χ0v) is 19.8. The first-order chi connectivity index (χ1) is 16.1. The van der Waals surface area contributed by atoms with Crippen LogP contribution in [0, 0.1) is 11.3 Å². The van der Waals surface area contributed by atoms with Gasteiger partial charge >= 0.3 is 0 Å². The van der Waals surface area contributed by atoms with Crippen LogP contribution in [0.3, 0.4) is 0 Å². The number of piperazine rings is 1. The molecule has 0 spiro atoms. The van der Waals surface area contributed by atoms with Crippen molar-refractivity contribution >= 4 is 39.8 Å². The molecule has 3 aromatic rings. The fraction of sp³-hybridized carbons (Fsp3) is 0.308. The summed E-state index contributed by atoms with van der Waals surface area (Å²) >= 11 is 1.56. The zero-order valence-electron chi connectivity index (χ0n) is 19.0. The molecular formula is C26H28N4O2S. The molecule has 0 unspecified atom stereocenters. The van der Waals surface area contributed by atoms with Gasteiger partial charge in [0.05, 0.1) is 6.61 Å². The Morgan fingerprint density at radius 1 is 1.12 bits per heavy atom. The minimum Gasteiger partial charge on any atom is -0.383 e. The zero-order chi connectivity index (χ0) is 23.2. The fourth-order valence-corrected chi connectivity index (χ4v) is 4.83. The van der Waals surface area contributed by atoms with Crippen molar-refractivity contribution in [3.05, 3.63) is 59.0 Å². The molecule has 7 heteroatoms. The second kappa shape index (κ2) is 10.6. The summed E-state index contributed by atoms with van der Waals surface area (Å²) in [6, 6.07) is 19.2. The summed E-state index contributed by atoms with van der Waals surface area (Å²) < 4.78 is 4.93. The Labute approximate surface area is 198 Å². The first-order valence-corrected chi connectivity index (χ1v) is 11.9. The maximum atomic E-state index is 12.2. The molecule has 1 aliphatic heterocycles. The number of hydrogen-bond acceptors (Lipinski definition) is 6. The largest absolute Gasteiger partial charge is 0.383 e. The van der Waals surface area contributed by atoms with E-state index in [0.717, 1.165) is 41.5 Å². The van der Waals surface area contributed by atoms with Gasteiger partial charge in [-0.25, -0.2) is 0 Å². The van der Waals surface area contributed by atoms with Crippen molar-refractivity contribution in [3.63, 3.8) is 0 Å². The number of thiophene rings is 1. The molecular weight excluding hydrogens is 432 g/mol. The Balaban J connectivity index is 1.51. The van der Waals surface area contributed by atoms with Gasteiger partial charge in [0.15, 0.2) is 0 Å². The SMILES string of the molecule is COCCNC(=O)/C(C#N)=C/c1ccc(-c2ccc3cc(N4CCN(C)CC4)ccc3c2)s1. The van der Waals surface area contributed by atoms with Gasteiger partial charge in [0.25, 0.3) is 5.91 Å². The topological polar surface area (TPSA) is 68.6 Å². The molecule has 0 saturated carbocycles. The maximum absolute atomic E-state index is 12.2. The molecule has 1 aliphatic rings. The Bertz CT molecular complexity index is 1200. The van der Waals surface area contributed by atoms with Crippen LogP contribution in [0.1, 0.15) is 4.88 Å². The highest BCUT2D eigenvalue weighted by atomic mass is 32.1. The van der Waals surface area contributed by atoms with Crippen LogP contribution in [-0.2, 0) is 9.53 Å². The predicted molar refractivity (Wildman–Crippen MR) is 135 cm³/mol. The standard InChI is InChI=1S/C26H28N4O2S/c1-29-10-12-30(13-11-29)23-6-5-19-15-21(4-3-20(19)16-23)25-8-7-24(33-25)17-22(18-27)26(31)28-9-14-32-2/h3-8,15-17H,9-14H2,1-2H3,(H,28,31)/b22-17+. The van der Waals surface area contributed by atoms with Crippen molar-refractivity contribution in [2.45, 2.75) is 0 Å². The summed E-state index contributed by atoms with van der Waals surface area (Å²) in [5.74, 6) is -0.383. The minimum absolute atomic E-state index is 0.0921. The number of carbonyl (C=O) groups excluding carboxylic acids is 1. The van der Waals surface area contributed by atoms with Crippen LogP contribution in [0.4, 0.5) is 5.69 Å². The number of fused-ring (bicyclic) bond motifs is 1. The molecule has 1 fully saturated rings. The van der Waals surface area contributed by atoms with Gasteiger partial charge < -0.3 is 19.9 Å². The summed E-state index contributed by atoms with van der Waals surface area (Å²) in [5, 5.41) is 14.5. The Morgan fingerprint density at radius 3 is 2.64 bits per heavy atom. The molecule has 2 heterocycles. The number of likely N-dealkylation sites (N-methyl/N-ethyl adjacent to an activating group) is 1. The molecule has 170 valence electrons. The third-order valence-electron chi connectivity index (χ3n) is 5.85. The minimum atomic E-state index is -0.383. The van der Waals surface area contributed by atoms with Crippen LogP contribution >= 0.6 is 11.3 Å². The maximum Gasteiger partial charge on any atom is 0.262 e. The van der Waals surface area contributed by atoms with Gasteiger partial charge in [-0.15, -0.1) is 11.3 Å². The normalized spacial score (nSPS) is 14.9. The van der Waals surface area contributed by atoms with Crippen molar-refractivity contribution in [1.29, 1.82) is 5.26 Å². The Kier molecular flexibility index (Phi) is 7.40. The number of anilines is 1. The number of nitrogens with one attached hydrogen (secondary N) is 1. The van der Waals surface area contributed by atoms with Gasteiger partial charge in [-0.1, -0.05) is 18.2 Å². The van der Waals surface area contributed by atoms with E-state index >= 15 is 0 Å². The van der Waals surface area contributed by atoms with E-state index in [1.54, 1.807) is 24.5 Å². The lowest BCUT2D eigenvalue weighted by molar-refractivity contribution is -0.117. The number of methoxy groups -OCH3 is 1. The van der Waals surface area contributed by atoms with Gasteiger partial charge in [-0.2, -0.15) is 5.26 Å². The van der Waals surface area contributed by atoms with E-state index < -0.39 is 0 Å². The average Bonchev–Trinajstić information content (AvgIpc) is 3.31. The number of rotatable bonds is 7. The average molecular weight is 461 g/mol. The van der Waals surface area contributed by atoms with Crippen LogP contribution < -0.4 is 10.2 Å². The van der Waals surface area contributed by atoms with E-state index in [0.29, 0.717) is 13.2 Å². The molecule has 0 radical (unpaired) electrons. The third-order valence-corrected chi connectivity index (χ3v) is 6.93. The van der Waals surface area contributed by atoms with Crippen LogP contribution in [0.2, 0.25) is 0 Å². The highest BCUT2D eigenvalue weighted by Gasteiger charge is 2.15. The molecule has 0 atom stereocenters. The predicted octanol–water partition coefficient (Wildman–Crippen LogP) is 3.99. The molecule has 1 N–H and O–H groups in total. The van der Waals surface area contributed by atoms with E-state index in [-0.39, 0.29) is 11.5 Å². The van der Waals surface area contributed by atoms with Gasteiger partial charge in [-0.3, -0.25) is 4.79 Å². The highest BCUT2D eigenvalue weighted by molar-refractivity contribution is 7.16. The number of nitriles is 1. The summed E-state index contributed by atoms with van der Waals surface area (Å²) in [7, 11) is 3.74. The van der Waals surface area contributed by atoms with Crippen molar-refractivity contribution < 1.29 is 9.53 Å². The molecule has 1 aromatic heterocycles. The Hall–Kier alpha value is -3.18. The van der Waals surface area contributed by atoms with Crippen molar-refractivity contribution in [2.75, 3.05) is 58.4 Å². The Morgan fingerprint density at radius 2 is 1.88 bits per heavy atom. The van der Waals surface area contributed by atoms with E-state index in [2.05, 4.69) is 58.6 Å².